The molecule has 0 aliphatic heterocycles. The summed E-state index contributed by atoms with van der Waals surface area (Å²) in [6.45, 7) is 2.32. The van der Waals surface area contributed by atoms with Crippen molar-refractivity contribution in [2.75, 3.05) is 6.61 Å². The minimum atomic E-state index is 0.104. The molecular formula is C12H23O. The van der Waals surface area contributed by atoms with Crippen LogP contribution in [0.4, 0.5) is 0 Å². The Morgan fingerprint density at radius 1 is 0.846 bits per heavy atom. The van der Waals surface area contributed by atoms with Crippen molar-refractivity contribution in [1.29, 1.82) is 0 Å². The SMILES string of the molecule is CCCC/C=C/CCCCCC[O]. The van der Waals surface area contributed by atoms with Crippen molar-refractivity contribution in [3.63, 3.8) is 0 Å². The molecule has 0 aliphatic rings. The van der Waals surface area contributed by atoms with Crippen LogP contribution in [0.15, 0.2) is 12.2 Å². The van der Waals surface area contributed by atoms with Gasteiger partial charge in [-0.25, -0.2) is 5.11 Å². The maximum Gasteiger partial charge on any atom is 0.0822 e. The third-order valence-electron chi connectivity index (χ3n) is 2.16. The predicted octanol–water partition coefficient (Wildman–Crippen LogP) is 4.11. The smallest absolute Gasteiger partial charge is 0.0822 e. The van der Waals surface area contributed by atoms with Crippen molar-refractivity contribution >= 4 is 0 Å². The third-order valence-corrected chi connectivity index (χ3v) is 2.16. The molecule has 77 valence electrons. The van der Waals surface area contributed by atoms with Crippen LogP contribution in [-0.2, 0) is 5.11 Å². The Morgan fingerprint density at radius 2 is 1.46 bits per heavy atom. The molecule has 0 aromatic heterocycles. The van der Waals surface area contributed by atoms with E-state index in [1.165, 1.54) is 38.5 Å². The van der Waals surface area contributed by atoms with Gasteiger partial charge in [-0.1, -0.05) is 44.8 Å². The molecule has 0 fully saturated rings. The zero-order valence-electron chi connectivity index (χ0n) is 8.93. The summed E-state index contributed by atoms with van der Waals surface area (Å²) >= 11 is 0. The lowest BCUT2D eigenvalue weighted by atomic mass is 10.1. The largest absolute Gasteiger partial charge is 0.237 e. The predicted molar refractivity (Wildman–Crippen MR) is 57.3 cm³/mol. The van der Waals surface area contributed by atoms with Crippen molar-refractivity contribution in [3.05, 3.63) is 12.2 Å². The van der Waals surface area contributed by atoms with Gasteiger partial charge in [-0.05, 0) is 25.7 Å². The summed E-state index contributed by atoms with van der Waals surface area (Å²) in [7, 11) is 0. The van der Waals surface area contributed by atoms with E-state index in [9.17, 15) is 5.11 Å². The summed E-state index contributed by atoms with van der Waals surface area (Å²) < 4.78 is 0. The highest BCUT2D eigenvalue weighted by Gasteiger charge is 1.87. The van der Waals surface area contributed by atoms with E-state index in [1.54, 1.807) is 0 Å². The Labute approximate surface area is 82.9 Å². The third kappa shape index (κ3) is 11.7. The van der Waals surface area contributed by atoms with E-state index < -0.39 is 0 Å². The van der Waals surface area contributed by atoms with E-state index in [4.69, 9.17) is 0 Å². The van der Waals surface area contributed by atoms with Gasteiger partial charge in [-0.15, -0.1) is 0 Å². The normalized spacial score (nSPS) is 11.2. The van der Waals surface area contributed by atoms with Gasteiger partial charge in [0.2, 0.25) is 0 Å². The Bertz CT molecular complexity index is 108. The molecule has 1 heteroatoms. The molecule has 0 N–H and O–H groups in total. The number of hydrogen-bond acceptors (Lipinski definition) is 0. The average Bonchev–Trinajstić information content (AvgIpc) is 2.16. The van der Waals surface area contributed by atoms with Crippen LogP contribution in [0.25, 0.3) is 0 Å². The fourth-order valence-electron chi connectivity index (χ4n) is 1.28. The lowest BCUT2D eigenvalue weighted by molar-refractivity contribution is 0.186. The summed E-state index contributed by atoms with van der Waals surface area (Å²) in [6.07, 6.45) is 14.1. The molecule has 0 unspecified atom stereocenters. The lowest BCUT2D eigenvalue weighted by Crippen LogP contribution is -1.81. The maximum atomic E-state index is 10.1. The van der Waals surface area contributed by atoms with Crippen LogP contribution in [0, 0.1) is 0 Å². The van der Waals surface area contributed by atoms with E-state index in [0.29, 0.717) is 0 Å². The van der Waals surface area contributed by atoms with E-state index in [2.05, 4.69) is 19.1 Å². The number of unbranched alkanes of at least 4 members (excludes halogenated alkanes) is 6. The van der Waals surface area contributed by atoms with Crippen LogP contribution in [-0.4, -0.2) is 6.61 Å². The van der Waals surface area contributed by atoms with Crippen molar-refractivity contribution in [2.24, 2.45) is 0 Å². The molecule has 0 aromatic carbocycles. The standard InChI is InChI=1S/C12H23O/c1-2-3-4-5-6-7-8-9-10-11-12-13/h5-6H,2-4,7-12H2,1H3/b6-5+. The van der Waals surface area contributed by atoms with Crippen LogP contribution in [0.2, 0.25) is 0 Å². The van der Waals surface area contributed by atoms with E-state index in [0.717, 1.165) is 12.8 Å². The fourth-order valence-corrected chi connectivity index (χ4v) is 1.28. The van der Waals surface area contributed by atoms with Crippen molar-refractivity contribution < 1.29 is 5.11 Å². The minimum absolute atomic E-state index is 0.104. The highest BCUT2D eigenvalue weighted by atomic mass is 16.2. The maximum absolute atomic E-state index is 10.1. The van der Waals surface area contributed by atoms with Crippen molar-refractivity contribution in [2.45, 2.75) is 58.3 Å². The first-order chi connectivity index (χ1) is 6.41. The molecule has 0 rings (SSSR count). The first-order valence-electron chi connectivity index (χ1n) is 5.65. The topological polar surface area (TPSA) is 19.9 Å². The minimum Gasteiger partial charge on any atom is -0.237 e. The van der Waals surface area contributed by atoms with E-state index >= 15 is 0 Å². The lowest BCUT2D eigenvalue weighted by Gasteiger charge is -1.95. The second-order valence-corrected chi connectivity index (χ2v) is 3.52. The average molecular weight is 183 g/mol. The first-order valence-corrected chi connectivity index (χ1v) is 5.65. The van der Waals surface area contributed by atoms with Gasteiger partial charge in [-0.3, -0.25) is 0 Å². The fraction of sp³-hybridized carbons (Fsp3) is 0.833. The van der Waals surface area contributed by atoms with Gasteiger partial charge >= 0.3 is 0 Å². The molecule has 1 radical (unpaired) electrons. The van der Waals surface area contributed by atoms with Crippen LogP contribution in [0.3, 0.4) is 0 Å². The molecular weight excluding hydrogens is 160 g/mol. The molecule has 0 bridgehead atoms. The molecule has 0 aliphatic carbocycles. The summed E-state index contributed by atoms with van der Waals surface area (Å²) in [5.74, 6) is 0. The van der Waals surface area contributed by atoms with Gasteiger partial charge in [0.05, 0.1) is 6.61 Å². The van der Waals surface area contributed by atoms with Gasteiger partial charge in [0.25, 0.3) is 0 Å². The monoisotopic (exact) mass is 183 g/mol. The Balaban J connectivity index is 2.93. The number of rotatable bonds is 9. The Morgan fingerprint density at radius 3 is 2.08 bits per heavy atom. The van der Waals surface area contributed by atoms with Gasteiger partial charge in [0.15, 0.2) is 0 Å². The highest BCUT2D eigenvalue weighted by molar-refractivity contribution is 4.80. The van der Waals surface area contributed by atoms with E-state index in [-0.39, 0.29) is 6.61 Å². The van der Waals surface area contributed by atoms with E-state index in [1.807, 2.05) is 0 Å². The summed E-state index contributed by atoms with van der Waals surface area (Å²) in [5, 5.41) is 10.1. The molecule has 13 heavy (non-hydrogen) atoms. The van der Waals surface area contributed by atoms with Crippen LogP contribution < -0.4 is 0 Å². The molecule has 0 spiro atoms. The zero-order chi connectivity index (χ0) is 9.78. The summed E-state index contributed by atoms with van der Waals surface area (Å²) in [4.78, 5) is 0. The quantitative estimate of drug-likeness (QED) is 0.378. The summed E-state index contributed by atoms with van der Waals surface area (Å²) in [6, 6.07) is 0. The summed E-state index contributed by atoms with van der Waals surface area (Å²) in [5.41, 5.74) is 0. The Kier molecular flexibility index (Phi) is 11.4. The molecule has 0 saturated heterocycles. The molecule has 0 amide bonds. The molecule has 1 nitrogen and oxygen atoms in total. The van der Waals surface area contributed by atoms with Gasteiger partial charge in [-0.2, -0.15) is 0 Å². The van der Waals surface area contributed by atoms with Crippen molar-refractivity contribution in [1.82, 2.24) is 0 Å². The number of allylic oxidation sites excluding steroid dienone is 2. The van der Waals surface area contributed by atoms with Crippen LogP contribution >= 0.6 is 0 Å². The molecule has 0 heterocycles. The second-order valence-electron chi connectivity index (χ2n) is 3.52. The van der Waals surface area contributed by atoms with Crippen LogP contribution in [0.5, 0.6) is 0 Å². The van der Waals surface area contributed by atoms with Crippen molar-refractivity contribution in [3.8, 4) is 0 Å². The highest BCUT2D eigenvalue weighted by Crippen LogP contribution is 2.04. The first kappa shape index (κ1) is 12.7. The molecule has 0 atom stereocenters. The van der Waals surface area contributed by atoms with Crippen LogP contribution in [0.1, 0.15) is 58.3 Å². The van der Waals surface area contributed by atoms with Gasteiger partial charge in [0.1, 0.15) is 0 Å². The zero-order valence-corrected chi connectivity index (χ0v) is 8.93. The Hall–Kier alpha value is -0.300. The molecule has 0 saturated carbocycles. The second kappa shape index (κ2) is 11.7. The van der Waals surface area contributed by atoms with Gasteiger partial charge < -0.3 is 0 Å². The van der Waals surface area contributed by atoms with Gasteiger partial charge in [0, 0.05) is 0 Å². The molecule has 0 aromatic rings. The number of hydrogen-bond donors (Lipinski definition) is 0.